The van der Waals surface area contributed by atoms with Gasteiger partial charge in [0.25, 0.3) is 35.3 Å². The molecule has 6 rings (SSSR count). The Kier molecular flexibility index (Phi) is 72.2. The molecule has 0 aromatic carbocycles. The van der Waals surface area contributed by atoms with E-state index in [1.165, 1.54) is 0 Å². The van der Waals surface area contributed by atoms with Gasteiger partial charge in [0.15, 0.2) is 34.5 Å². The van der Waals surface area contributed by atoms with Crippen LogP contribution in [0.4, 0.5) is 0 Å². The summed E-state index contributed by atoms with van der Waals surface area (Å²) in [5, 5.41) is 8.38. The summed E-state index contributed by atoms with van der Waals surface area (Å²) in [6, 6.07) is 12.2. The number of carbonyl (C=O) groups is 1. The normalized spacial score (nSPS) is 12.7. The maximum absolute atomic E-state index is 12.5. The maximum Gasteiger partial charge on any atom is 0.256 e. The topological polar surface area (TPSA) is 400 Å². The summed E-state index contributed by atoms with van der Waals surface area (Å²) in [5.41, 5.74) is 13.0. The second-order valence-electron chi connectivity index (χ2n) is 35.9. The number of hydrogen-bond donors (Lipinski definition) is 4. The van der Waals surface area contributed by atoms with Gasteiger partial charge in [-0.15, -0.1) is 0 Å². The van der Waals surface area contributed by atoms with E-state index in [1.807, 2.05) is 133 Å². The Hall–Kier alpha value is -7.01. The number of nitrogens with one attached hydrogen (secondary N) is 2. The van der Waals surface area contributed by atoms with Gasteiger partial charge in [-0.2, -0.15) is 4.40 Å². The fourth-order valence-electron chi connectivity index (χ4n) is 10.9. The molecule has 0 aliphatic rings. The number of hydrogen-bond acceptors (Lipinski definition) is 30. The molecule has 775 valence electrons. The van der Waals surface area contributed by atoms with Crippen molar-refractivity contribution >= 4 is 44.5 Å². The molecule has 0 unspecified atom stereocenters. The molecule has 33 nitrogen and oxygen atoms in total. The van der Waals surface area contributed by atoms with Gasteiger partial charge in [0.2, 0.25) is 0 Å². The third-order valence-electron chi connectivity index (χ3n) is 19.4. The van der Waals surface area contributed by atoms with Crippen molar-refractivity contribution in [2.24, 2.45) is 44.9 Å². The largest absolute Gasteiger partial charge is 0.488 e. The zero-order valence-electron chi connectivity index (χ0n) is 88.4. The zero-order chi connectivity index (χ0) is 102. The molecular weight excluding hydrogens is 1880 g/mol. The van der Waals surface area contributed by atoms with Gasteiger partial charge in [0, 0.05) is 233 Å². The molecule has 6 aromatic heterocycles. The van der Waals surface area contributed by atoms with E-state index in [1.54, 1.807) is 116 Å². The number of pyridine rings is 6. The number of carbonyl (C=O) groups excluding carboxylic acids is 1. The first-order valence-electron chi connectivity index (χ1n) is 46.0. The third kappa shape index (κ3) is 57.7. The fourth-order valence-corrected chi connectivity index (χ4v) is 12.6. The van der Waals surface area contributed by atoms with Gasteiger partial charge >= 0.3 is 0 Å². The molecule has 136 heavy (non-hydrogen) atoms. The molecule has 0 bridgehead atoms. The molecule has 6 heterocycles. The molecule has 0 aliphatic heterocycles. The van der Waals surface area contributed by atoms with Crippen LogP contribution in [0.1, 0.15) is 203 Å². The number of methoxy groups -OCH3 is 12. The van der Waals surface area contributed by atoms with Crippen LogP contribution in [0.2, 0.25) is 0 Å². The Balaban J connectivity index is 0. The van der Waals surface area contributed by atoms with E-state index < -0.39 is 33.0 Å². The van der Waals surface area contributed by atoms with E-state index in [9.17, 15) is 17.4 Å². The van der Waals surface area contributed by atoms with Crippen LogP contribution in [0, 0.1) is 36.5 Å². The summed E-state index contributed by atoms with van der Waals surface area (Å²) >= 11 is 0. The monoisotopic (exact) mass is 2050 g/mol. The van der Waals surface area contributed by atoms with Gasteiger partial charge in [0.05, 0.1) is 119 Å². The summed E-state index contributed by atoms with van der Waals surface area (Å²) in [7, 11) is 17.9. The average molecular weight is 2050 g/mol. The van der Waals surface area contributed by atoms with Crippen molar-refractivity contribution in [3.05, 3.63) is 107 Å². The molecule has 0 fully saturated rings. The van der Waals surface area contributed by atoms with E-state index in [2.05, 4.69) is 99.7 Å². The number of ketones is 1. The van der Waals surface area contributed by atoms with Crippen molar-refractivity contribution in [3.63, 3.8) is 0 Å². The van der Waals surface area contributed by atoms with Crippen LogP contribution < -0.4 is 77.8 Å². The van der Waals surface area contributed by atoms with Crippen LogP contribution in [0.3, 0.4) is 0 Å². The summed E-state index contributed by atoms with van der Waals surface area (Å²) in [6.45, 7) is 47.3. The smallest absolute Gasteiger partial charge is 0.256 e. The molecule has 1 radical (unpaired) electrons. The van der Waals surface area contributed by atoms with Crippen molar-refractivity contribution in [3.8, 4) is 69.8 Å². The molecule has 0 saturated heterocycles. The minimum Gasteiger partial charge on any atom is -0.488 e. The molecule has 6 N–H and O–H groups in total. The average Bonchev–Trinajstić information content (AvgIpc) is 0.871. The molecule has 0 amide bonds. The van der Waals surface area contributed by atoms with Crippen LogP contribution in [0.25, 0.3) is 0 Å². The summed E-state index contributed by atoms with van der Waals surface area (Å²) < 4.78 is 137. The third-order valence-corrected chi connectivity index (χ3v) is 23.7. The van der Waals surface area contributed by atoms with E-state index in [0.717, 1.165) is 90.5 Å². The number of nitrogens with zero attached hydrogens (tertiary/aromatic N) is 7. The number of nitrogens with two attached hydrogens (primary N) is 2. The minimum atomic E-state index is -1.28. The number of aryl methyl sites for hydroxylation is 1. The Morgan fingerprint density at radius 3 is 0.897 bits per heavy atom. The molecular formula is C99H171N11O22S3Y. The van der Waals surface area contributed by atoms with Gasteiger partial charge in [0.1, 0.15) is 16.8 Å². The Morgan fingerprint density at radius 1 is 0.375 bits per heavy atom. The Labute approximate surface area is 848 Å². The van der Waals surface area contributed by atoms with Crippen molar-refractivity contribution in [1.29, 1.82) is 0 Å². The Morgan fingerprint density at radius 2 is 0.647 bits per heavy atom. The predicted octanol–water partition coefficient (Wildman–Crippen LogP) is 15.5. The first-order chi connectivity index (χ1) is 63.9. The van der Waals surface area contributed by atoms with Crippen LogP contribution >= 0.6 is 0 Å². The van der Waals surface area contributed by atoms with Crippen molar-refractivity contribution in [1.82, 2.24) is 39.9 Å². The van der Waals surface area contributed by atoms with Gasteiger partial charge in [-0.1, -0.05) is 69.2 Å². The molecule has 0 spiro atoms. The second kappa shape index (κ2) is 74.9. The summed E-state index contributed by atoms with van der Waals surface area (Å²) in [5.74, 6) is 8.47. The summed E-state index contributed by atoms with van der Waals surface area (Å²) in [4.78, 5) is 37.3. The first-order valence-corrected chi connectivity index (χ1v) is 49.5. The van der Waals surface area contributed by atoms with Crippen molar-refractivity contribution < 1.29 is 135 Å². The van der Waals surface area contributed by atoms with Gasteiger partial charge in [-0.25, -0.2) is 47.3 Å². The number of rotatable bonds is 55. The number of likely N-dealkylation sites (N-methyl/N-ethyl adjacent to an activating group) is 1. The molecule has 37 heteroatoms. The van der Waals surface area contributed by atoms with Gasteiger partial charge in [-0.3, -0.25) is 9.93 Å². The molecule has 0 aliphatic carbocycles. The van der Waals surface area contributed by atoms with Gasteiger partial charge in [-0.05, 0) is 189 Å². The van der Waals surface area contributed by atoms with Crippen molar-refractivity contribution in [2.45, 2.75) is 241 Å². The molecule has 6 atom stereocenters. The molecule has 0 saturated carbocycles. The molecule has 6 aromatic rings. The van der Waals surface area contributed by atoms with E-state index >= 15 is 0 Å². The number of aromatic nitrogens is 6. The summed E-state index contributed by atoms with van der Waals surface area (Å²) in [6.07, 6.45) is 18.8. The van der Waals surface area contributed by atoms with Crippen LogP contribution in [-0.2, 0) is 131 Å². The Bertz CT molecular complexity index is 4270. The minimum absolute atomic E-state index is 0. The quantitative estimate of drug-likeness (QED) is 0.0203. The number of Topliss-reactive ketones (excluding diaryl/α,β-unsaturated/α-hetero) is 1. The van der Waals surface area contributed by atoms with Crippen LogP contribution in [-0.4, -0.2) is 258 Å². The van der Waals surface area contributed by atoms with E-state index in [-0.39, 0.29) is 76.7 Å². The van der Waals surface area contributed by atoms with Crippen molar-refractivity contribution in [2.75, 3.05) is 172 Å². The van der Waals surface area contributed by atoms with E-state index in [0.29, 0.717) is 192 Å². The maximum atomic E-state index is 12.5. The van der Waals surface area contributed by atoms with Crippen LogP contribution in [0.15, 0.2) is 78.0 Å². The SMILES string of the molecule is CC(C)(C)[S@](N)=O.CN[C@@H](Cc1cnc(OC)c(OCCCOC)c1)C(C)C.COCCCOc1cc(C)cnc1OC.COCCCOc1cc(CC(=N[S@](=O)C(C)(C)C)C(C)C)cnc1OC.COCCCOc1cc(CC(=O)C(C)C)cnc1OC.COCCCOc1cc(C[C@H](N)C(C)C)cnc1OC.COCCCOc1cc(C[C@H](N[S@](=O)C(C)(C)C)C(C)C)cnc1OC.[Y]. The predicted molar refractivity (Wildman–Crippen MR) is 542 cm³/mol. The first kappa shape index (κ1) is 131. The standard InChI is InChI=1S/C19H34N2O4S.C19H32N2O4S.C16H28N2O3.C15H26N2O3.C15H23NO4.C11H17NO3.C4H11NOS.Y/c2*1-14(2)16(21-26(22)19(3,4)5)11-15-12-17(18(24-7)20-13-15)25-10-8-9-23-6;1-12(2)14(17-3)9-13-10-15(16(20-5)18-11-13)21-8-6-7-19-4;1-11(2)13(16)8-12-9-14(15(19-4)17-10-12)20-7-5-6-18-3;1-11(2)13(17)8-12-9-14(15(19-4)16-10-12)20-7-5-6-18-3;1-9-7-10(11(14-3)12-8-9)15-6-4-5-13-2;1-4(2,3)7(5)6;/h12-14,16,21H,8-11H2,1-7H3;12-14H,8-11H2,1-7H3;10-12,14,17H,6-9H2,1-5H3;9-11,13H,5-8,16H2,1-4H3;9-11H,5-8H2,1-4H3;7-8H,4-6H2,1-3H3;5H2,1-3H3;/t16-,26+;26-;14-;13-;;;7-;/m0100..1./s1. The van der Waals surface area contributed by atoms with Gasteiger partial charge < -0.3 is 96.3 Å². The number of ether oxygens (including phenoxy) is 18. The zero-order valence-corrected chi connectivity index (χ0v) is 93.7. The van der Waals surface area contributed by atoms with Crippen LogP contribution in [0.5, 0.6) is 69.8 Å². The fraction of sp³-hybridized carbons (Fsp3) is 0.677. The second-order valence-corrected chi connectivity index (χ2v) is 41.7. The van der Waals surface area contributed by atoms with E-state index in [4.69, 9.17) is 96.1 Å².